The molecule has 1 aliphatic rings. The van der Waals surface area contributed by atoms with E-state index >= 15 is 0 Å². The van der Waals surface area contributed by atoms with E-state index in [1.807, 2.05) is 23.1 Å². The van der Waals surface area contributed by atoms with Gasteiger partial charge in [0.15, 0.2) is 0 Å². The summed E-state index contributed by atoms with van der Waals surface area (Å²) < 4.78 is 0. The molecule has 22 heavy (non-hydrogen) atoms. The number of carbonyl (C=O) groups excluding carboxylic acids is 1. The first-order valence-corrected chi connectivity index (χ1v) is 8.41. The summed E-state index contributed by atoms with van der Waals surface area (Å²) in [4.78, 5) is 16.3. The number of aliphatic hydroxyl groups excluding tert-OH is 1. The van der Waals surface area contributed by atoms with Gasteiger partial charge in [0, 0.05) is 39.1 Å². The zero-order chi connectivity index (χ0) is 15.8. The van der Waals surface area contributed by atoms with Gasteiger partial charge < -0.3 is 10.0 Å². The highest BCUT2D eigenvalue weighted by molar-refractivity contribution is 5.76. The average Bonchev–Trinajstić information content (AvgIpc) is 2.70. The van der Waals surface area contributed by atoms with Gasteiger partial charge in [-0.2, -0.15) is 0 Å². The first-order valence-electron chi connectivity index (χ1n) is 8.41. The van der Waals surface area contributed by atoms with Crippen LogP contribution in [0, 0.1) is 0 Å². The van der Waals surface area contributed by atoms with E-state index in [0.29, 0.717) is 19.5 Å². The number of rotatable bonds is 6. The molecule has 0 radical (unpaired) electrons. The van der Waals surface area contributed by atoms with Gasteiger partial charge in [-0.3, -0.25) is 9.69 Å². The summed E-state index contributed by atoms with van der Waals surface area (Å²) >= 11 is 0. The summed E-state index contributed by atoms with van der Waals surface area (Å²) in [5, 5.41) is 10.2. The Morgan fingerprint density at radius 3 is 2.68 bits per heavy atom. The highest BCUT2D eigenvalue weighted by Gasteiger charge is 2.24. The van der Waals surface area contributed by atoms with Crippen LogP contribution in [0.2, 0.25) is 0 Å². The monoisotopic (exact) mass is 304 g/mol. The Labute approximate surface area is 133 Å². The molecule has 1 saturated heterocycles. The molecule has 1 amide bonds. The summed E-state index contributed by atoms with van der Waals surface area (Å²) in [5.41, 5.74) is 1.25. The molecule has 0 aliphatic carbocycles. The van der Waals surface area contributed by atoms with Crippen molar-refractivity contribution in [3.63, 3.8) is 0 Å². The quantitative estimate of drug-likeness (QED) is 0.820. The van der Waals surface area contributed by atoms with E-state index < -0.39 is 6.10 Å². The molecule has 0 saturated carbocycles. The topological polar surface area (TPSA) is 43.8 Å². The van der Waals surface area contributed by atoms with Gasteiger partial charge >= 0.3 is 0 Å². The number of carbonyl (C=O) groups is 1. The summed E-state index contributed by atoms with van der Waals surface area (Å²) in [7, 11) is 0. The van der Waals surface area contributed by atoms with E-state index in [1.54, 1.807) is 0 Å². The van der Waals surface area contributed by atoms with E-state index in [0.717, 1.165) is 38.9 Å². The second kappa shape index (κ2) is 8.91. The lowest BCUT2D eigenvalue weighted by atomic mass is 10.2. The standard InChI is InChI=1S/C18H28N2O2/c1-2-3-5-10-18(22)20-12-11-19(14-17(21)15-20)13-16-8-6-4-7-9-16/h4,6-9,17,21H,2-3,5,10-15H2,1H3/t17-/m1/s1. The van der Waals surface area contributed by atoms with Gasteiger partial charge in [-0.25, -0.2) is 0 Å². The normalized spacial score (nSPS) is 19.9. The molecule has 2 rings (SSSR count). The highest BCUT2D eigenvalue weighted by atomic mass is 16.3. The third-order valence-corrected chi connectivity index (χ3v) is 4.18. The molecule has 0 spiro atoms. The van der Waals surface area contributed by atoms with E-state index in [4.69, 9.17) is 0 Å². The summed E-state index contributed by atoms with van der Waals surface area (Å²) in [6.07, 6.45) is 3.33. The van der Waals surface area contributed by atoms with Crippen LogP contribution in [0.4, 0.5) is 0 Å². The zero-order valence-electron chi connectivity index (χ0n) is 13.6. The largest absolute Gasteiger partial charge is 0.390 e. The van der Waals surface area contributed by atoms with Gasteiger partial charge in [-0.05, 0) is 12.0 Å². The number of benzene rings is 1. The molecule has 1 heterocycles. The molecule has 1 fully saturated rings. The fraction of sp³-hybridized carbons (Fsp3) is 0.611. The number of unbranched alkanes of at least 4 members (excludes halogenated alkanes) is 2. The molecule has 1 atom stereocenters. The predicted octanol–water partition coefficient (Wildman–Crippen LogP) is 2.27. The molecule has 1 aliphatic heterocycles. The Balaban J connectivity index is 1.85. The Hall–Kier alpha value is -1.39. The van der Waals surface area contributed by atoms with Gasteiger partial charge in [-0.15, -0.1) is 0 Å². The predicted molar refractivity (Wildman–Crippen MR) is 88.4 cm³/mol. The second-order valence-electron chi connectivity index (χ2n) is 6.17. The molecule has 0 bridgehead atoms. The third kappa shape index (κ3) is 5.43. The third-order valence-electron chi connectivity index (χ3n) is 4.18. The van der Waals surface area contributed by atoms with Crippen molar-refractivity contribution in [2.24, 2.45) is 0 Å². The number of hydrogen-bond donors (Lipinski definition) is 1. The van der Waals surface area contributed by atoms with Crippen molar-refractivity contribution >= 4 is 5.91 Å². The van der Waals surface area contributed by atoms with E-state index in [2.05, 4.69) is 24.0 Å². The van der Waals surface area contributed by atoms with E-state index in [-0.39, 0.29) is 5.91 Å². The second-order valence-corrected chi connectivity index (χ2v) is 6.17. The molecule has 1 N–H and O–H groups in total. The van der Waals surface area contributed by atoms with Crippen molar-refractivity contribution in [1.82, 2.24) is 9.80 Å². The molecule has 0 aromatic heterocycles. The van der Waals surface area contributed by atoms with E-state index in [9.17, 15) is 9.90 Å². The van der Waals surface area contributed by atoms with Gasteiger partial charge in [0.2, 0.25) is 5.91 Å². The SMILES string of the molecule is CCCCCC(=O)N1CCN(Cc2ccccc2)C[C@@H](O)C1. The maximum atomic E-state index is 12.2. The average molecular weight is 304 g/mol. The van der Waals surface area contributed by atoms with Gasteiger partial charge in [0.1, 0.15) is 0 Å². The molecular weight excluding hydrogens is 276 g/mol. The van der Waals surface area contributed by atoms with Gasteiger partial charge in [-0.1, -0.05) is 50.1 Å². The van der Waals surface area contributed by atoms with Crippen LogP contribution in [-0.4, -0.2) is 53.1 Å². The Kier molecular flexibility index (Phi) is 6.87. The molecule has 1 aromatic rings. The van der Waals surface area contributed by atoms with Crippen LogP contribution in [0.5, 0.6) is 0 Å². The Morgan fingerprint density at radius 2 is 1.95 bits per heavy atom. The number of amides is 1. The lowest BCUT2D eigenvalue weighted by Crippen LogP contribution is -2.37. The minimum absolute atomic E-state index is 0.189. The number of hydrogen-bond acceptors (Lipinski definition) is 3. The van der Waals surface area contributed by atoms with Crippen LogP contribution in [0.1, 0.15) is 38.2 Å². The molecule has 1 aromatic carbocycles. The molecule has 4 nitrogen and oxygen atoms in total. The fourth-order valence-corrected chi connectivity index (χ4v) is 2.95. The van der Waals surface area contributed by atoms with Crippen molar-refractivity contribution in [2.45, 2.75) is 45.3 Å². The molecule has 122 valence electrons. The van der Waals surface area contributed by atoms with Crippen molar-refractivity contribution in [1.29, 1.82) is 0 Å². The molecule has 4 heteroatoms. The number of aliphatic hydroxyl groups is 1. The van der Waals surface area contributed by atoms with Crippen LogP contribution in [0.25, 0.3) is 0 Å². The summed E-state index contributed by atoms with van der Waals surface area (Å²) in [6, 6.07) is 10.3. The smallest absolute Gasteiger partial charge is 0.222 e. The summed E-state index contributed by atoms with van der Waals surface area (Å²) in [5.74, 6) is 0.189. The Morgan fingerprint density at radius 1 is 1.18 bits per heavy atom. The minimum Gasteiger partial charge on any atom is -0.390 e. The first-order chi connectivity index (χ1) is 10.7. The number of β-amino-alcohol motifs (C(OH)–C–C–N with tert-alkyl or cyclic N) is 1. The van der Waals surface area contributed by atoms with Crippen LogP contribution in [0.3, 0.4) is 0 Å². The Bertz CT molecular complexity index is 450. The lowest BCUT2D eigenvalue weighted by molar-refractivity contribution is -0.132. The maximum Gasteiger partial charge on any atom is 0.222 e. The van der Waals surface area contributed by atoms with Crippen LogP contribution < -0.4 is 0 Å². The summed E-state index contributed by atoms with van der Waals surface area (Å²) in [6.45, 7) is 5.61. The number of nitrogens with zero attached hydrogens (tertiary/aromatic N) is 2. The molecule has 0 unspecified atom stereocenters. The van der Waals surface area contributed by atoms with Gasteiger partial charge in [0.25, 0.3) is 0 Å². The van der Waals surface area contributed by atoms with Gasteiger partial charge in [0.05, 0.1) is 6.10 Å². The maximum absolute atomic E-state index is 12.2. The first kappa shape index (κ1) is 17.0. The van der Waals surface area contributed by atoms with Crippen molar-refractivity contribution in [2.75, 3.05) is 26.2 Å². The molecular formula is C18H28N2O2. The van der Waals surface area contributed by atoms with Crippen LogP contribution in [0.15, 0.2) is 30.3 Å². The minimum atomic E-state index is -0.457. The van der Waals surface area contributed by atoms with Crippen molar-refractivity contribution < 1.29 is 9.90 Å². The highest BCUT2D eigenvalue weighted by Crippen LogP contribution is 2.11. The zero-order valence-corrected chi connectivity index (χ0v) is 13.6. The fourth-order valence-electron chi connectivity index (χ4n) is 2.95. The van der Waals surface area contributed by atoms with Crippen molar-refractivity contribution in [3.8, 4) is 0 Å². The van der Waals surface area contributed by atoms with E-state index in [1.165, 1.54) is 5.56 Å². The van der Waals surface area contributed by atoms with Crippen LogP contribution in [-0.2, 0) is 11.3 Å². The van der Waals surface area contributed by atoms with Crippen molar-refractivity contribution in [3.05, 3.63) is 35.9 Å². The van der Waals surface area contributed by atoms with Crippen LogP contribution >= 0.6 is 0 Å². The lowest BCUT2D eigenvalue weighted by Gasteiger charge is -2.22.